The van der Waals surface area contributed by atoms with Crippen LogP contribution in [-0.2, 0) is 4.74 Å². The number of nitrogens with one attached hydrogen (secondary N) is 1. The summed E-state index contributed by atoms with van der Waals surface area (Å²) in [4.78, 5) is 14.6. The number of benzene rings is 2. The fourth-order valence-corrected chi connectivity index (χ4v) is 2.85. The van der Waals surface area contributed by atoms with Gasteiger partial charge >= 0.3 is 0 Å². The minimum Gasteiger partial charge on any atom is -0.507 e. The second kappa shape index (κ2) is 7.44. The molecule has 1 aliphatic heterocycles. The van der Waals surface area contributed by atoms with Gasteiger partial charge in [-0.25, -0.2) is 0 Å². The van der Waals surface area contributed by atoms with E-state index in [9.17, 15) is 9.90 Å². The van der Waals surface area contributed by atoms with Crippen molar-refractivity contribution in [2.75, 3.05) is 39.4 Å². The molecule has 1 heterocycles. The van der Waals surface area contributed by atoms with Gasteiger partial charge in [0.2, 0.25) is 0 Å². The Morgan fingerprint density at radius 3 is 2.83 bits per heavy atom. The highest BCUT2D eigenvalue weighted by Crippen LogP contribution is 2.26. The van der Waals surface area contributed by atoms with Crippen molar-refractivity contribution in [2.24, 2.45) is 0 Å². The molecule has 0 aromatic heterocycles. The van der Waals surface area contributed by atoms with E-state index in [1.807, 2.05) is 30.3 Å². The number of rotatable bonds is 5. The lowest BCUT2D eigenvalue weighted by atomic mass is 10.1. The lowest BCUT2D eigenvalue weighted by Crippen LogP contribution is -2.38. The Kier molecular flexibility index (Phi) is 5.10. The van der Waals surface area contributed by atoms with Crippen molar-refractivity contribution in [1.82, 2.24) is 10.2 Å². The smallest absolute Gasteiger partial charge is 0.251 e. The van der Waals surface area contributed by atoms with E-state index in [0.717, 1.165) is 50.0 Å². The fraction of sp³-hybridized carbons (Fsp3) is 0.389. The zero-order chi connectivity index (χ0) is 16.1. The predicted octanol–water partition coefficient (Wildman–Crippen LogP) is 2.00. The minimum atomic E-state index is -0.145. The van der Waals surface area contributed by atoms with Crippen molar-refractivity contribution in [3.63, 3.8) is 0 Å². The first-order valence-corrected chi connectivity index (χ1v) is 8.04. The van der Waals surface area contributed by atoms with E-state index in [1.165, 1.54) is 6.07 Å². The first-order chi connectivity index (χ1) is 11.2. The van der Waals surface area contributed by atoms with Crippen molar-refractivity contribution in [3.05, 3.63) is 42.0 Å². The number of phenols is 1. The number of phenolic OH excluding ortho intramolecular Hbond substituents is 1. The molecule has 0 radical (unpaired) electrons. The lowest BCUT2D eigenvalue weighted by Gasteiger charge is -2.26. The second-order valence-electron chi connectivity index (χ2n) is 5.78. The van der Waals surface area contributed by atoms with Crippen LogP contribution in [0.2, 0.25) is 0 Å². The maximum Gasteiger partial charge on any atom is 0.251 e. The lowest BCUT2D eigenvalue weighted by molar-refractivity contribution is 0.0374. The highest BCUT2D eigenvalue weighted by atomic mass is 16.5. The number of nitrogens with zero attached hydrogens (tertiary/aromatic N) is 1. The number of hydrogen-bond donors (Lipinski definition) is 2. The van der Waals surface area contributed by atoms with Crippen LogP contribution in [0, 0.1) is 0 Å². The van der Waals surface area contributed by atoms with Gasteiger partial charge in [0.05, 0.1) is 13.2 Å². The van der Waals surface area contributed by atoms with Gasteiger partial charge in [0, 0.05) is 30.6 Å². The minimum absolute atomic E-state index is 0.140. The summed E-state index contributed by atoms with van der Waals surface area (Å²) in [6, 6.07) is 10.8. The van der Waals surface area contributed by atoms with Crippen molar-refractivity contribution in [2.45, 2.75) is 6.42 Å². The van der Waals surface area contributed by atoms with Crippen LogP contribution in [-0.4, -0.2) is 55.3 Å². The van der Waals surface area contributed by atoms with Crippen LogP contribution in [0.3, 0.4) is 0 Å². The van der Waals surface area contributed by atoms with Crippen LogP contribution in [0.1, 0.15) is 16.8 Å². The Bertz CT molecular complexity index is 681. The summed E-state index contributed by atoms with van der Waals surface area (Å²) in [5.74, 6) is -0.00500. The molecule has 3 rings (SSSR count). The van der Waals surface area contributed by atoms with Crippen LogP contribution in [0.4, 0.5) is 0 Å². The van der Waals surface area contributed by atoms with E-state index in [0.29, 0.717) is 12.1 Å². The summed E-state index contributed by atoms with van der Waals surface area (Å²) in [6.07, 6.45) is 0.908. The third-order valence-corrected chi connectivity index (χ3v) is 4.14. The van der Waals surface area contributed by atoms with Crippen LogP contribution in [0.5, 0.6) is 5.75 Å². The maximum atomic E-state index is 12.2. The molecule has 0 spiro atoms. The quantitative estimate of drug-likeness (QED) is 0.829. The van der Waals surface area contributed by atoms with E-state index < -0.39 is 0 Å². The zero-order valence-electron chi connectivity index (χ0n) is 13.1. The van der Waals surface area contributed by atoms with Crippen molar-refractivity contribution >= 4 is 16.7 Å². The number of aromatic hydroxyl groups is 1. The van der Waals surface area contributed by atoms with E-state index in [4.69, 9.17) is 4.74 Å². The SMILES string of the molecule is O=C(NCCCN1CCOCC1)c1cc(O)c2ccccc2c1. The topological polar surface area (TPSA) is 61.8 Å². The van der Waals surface area contributed by atoms with Gasteiger partial charge in [-0.2, -0.15) is 0 Å². The molecule has 0 unspecified atom stereocenters. The van der Waals surface area contributed by atoms with E-state index >= 15 is 0 Å². The molecular formula is C18H22N2O3. The van der Waals surface area contributed by atoms with Crippen molar-refractivity contribution < 1.29 is 14.6 Å². The molecule has 122 valence electrons. The molecule has 1 saturated heterocycles. The van der Waals surface area contributed by atoms with E-state index in [-0.39, 0.29) is 11.7 Å². The number of hydrogen-bond acceptors (Lipinski definition) is 4. The van der Waals surface area contributed by atoms with Crippen LogP contribution >= 0.6 is 0 Å². The molecule has 5 heteroatoms. The molecule has 2 aromatic carbocycles. The van der Waals surface area contributed by atoms with Gasteiger partial charge in [-0.15, -0.1) is 0 Å². The van der Waals surface area contributed by atoms with Crippen molar-refractivity contribution in [3.8, 4) is 5.75 Å². The first kappa shape index (κ1) is 15.8. The van der Waals surface area contributed by atoms with Crippen LogP contribution in [0.25, 0.3) is 10.8 Å². The average molecular weight is 314 g/mol. The molecule has 1 amide bonds. The number of carbonyl (C=O) groups excluding carboxylic acids is 1. The number of amides is 1. The van der Waals surface area contributed by atoms with Gasteiger partial charge < -0.3 is 15.2 Å². The second-order valence-corrected chi connectivity index (χ2v) is 5.78. The Morgan fingerprint density at radius 1 is 1.22 bits per heavy atom. The number of fused-ring (bicyclic) bond motifs is 1. The number of morpholine rings is 1. The summed E-state index contributed by atoms with van der Waals surface area (Å²) in [6.45, 7) is 5.11. The molecule has 2 N–H and O–H groups in total. The Labute approximate surface area is 135 Å². The molecule has 23 heavy (non-hydrogen) atoms. The normalized spacial score (nSPS) is 15.7. The molecule has 0 bridgehead atoms. The van der Waals surface area contributed by atoms with Gasteiger partial charge in [-0.05, 0) is 30.5 Å². The van der Waals surface area contributed by atoms with E-state index in [1.54, 1.807) is 0 Å². The molecular weight excluding hydrogens is 292 g/mol. The maximum absolute atomic E-state index is 12.2. The van der Waals surface area contributed by atoms with Gasteiger partial charge in [0.25, 0.3) is 5.91 Å². The predicted molar refractivity (Wildman–Crippen MR) is 89.8 cm³/mol. The molecule has 0 atom stereocenters. The highest BCUT2D eigenvalue weighted by Gasteiger charge is 2.11. The van der Waals surface area contributed by atoms with Crippen molar-refractivity contribution in [1.29, 1.82) is 0 Å². The zero-order valence-corrected chi connectivity index (χ0v) is 13.1. The van der Waals surface area contributed by atoms with Gasteiger partial charge in [0.1, 0.15) is 5.75 Å². The first-order valence-electron chi connectivity index (χ1n) is 8.04. The third kappa shape index (κ3) is 4.00. The molecule has 0 aliphatic carbocycles. The molecule has 1 aliphatic rings. The average Bonchev–Trinajstić information content (AvgIpc) is 2.59. The summed E-state index contributed by atoms with van der Waals surface area (Å²) < 4.78 is 5.31. The Hall–Kier alpha value is -2.11. The van der Waals surface area contributed by atoms with Gasteiger partial charge in [-0.3, -0.25) is 9.69 Å². The molecule has 5 nitrogen and oxygen atoms in total. The largest absolute Gasteiger partial charge is 0.507 e. The number of ether oxygens (including phenoxy) is 1. The summed E-state index contributed by atoms with van der Waals surface area (Å²) >= 11 is 0. The van der Waals surface area contributed by atoms with Crippen LogP contribution < -0.4 is 5.32 Å². The summed E-state index contributed by atoms with van der Waals surface area (Å²) in [7, 11) is 0. The van der Waals surface area contributed by atoms with Crippen LogP contribution in [0.15, 0.2) is 36.4 Å². The Morgan fingerprint density at radius 2 is 2.00 bits per heavy atom. The van der Waals surface area contributed by atoms with Gasteiger partial charge in [-0.1, -0.05) is 24.3 Å². The molecule has 1 fully saturated rings. The third-order valence-electron chi connectivity index (χ3n) is 4.14. The fourth-order valence-electron chi connectivity index (χ4n) is 2.85. The number of carbonyl (C=O) groups is 1. The summed E-state index contributed by atoms with van der Waals surface area (Å²) in [5, 5.41) is 14.6. The van der Waals surface area contributed by atoms with E-state index in [2.05, 4.69) is 10.2 Å². The standard InChI is InChI=1S/C18H22N2O3/c21-17-13-15(12-14-4-1-2-5-16(14)17)18(22)19-6-3-7-20-8-10-23-11-9-20/h1-2,4-5,12-13,21H,3,6-11H2,(H,19,22). The molecule has 0 saturated carbocycles. The Balaban J connectivity index is 1.53. The monoisotopic (exact) mass is 314 g/mol. The molecule has 2 aromatic rings. The van der Waals surface area contributed by atoms with Gasteiger partial charge in [0.15, 0.2) is 0 Å². The summed E-state index contributed by atoms with van der Waals surface area (Å²) in [5.41, 5.74) is 0.493. The highest BCUT2D eigenvalue weighted by molar-refractivity contribution is 6.00.